The summed E-state index contributed by atoms with van der Waals surface area (Å²) < 4.78 is 5.37. The van der Waals surface area contributed by atoms with Crippen LogP contribution < -0.4 is 10.6 Å². The van der Waals surface area contributed by atoms with Crippen molar-refractivity contribution in [2.45, 2.75) is 18.6 Å². The minimum absolute atomic E-state index is 0.0767. The lowest BCUT2D eigenvalue weighted by atomic mass is 9.79. The summed E-state index contributed by atoms with van der Waals surface area (Å²) in [7, 11) is 1.73. The molecule has 4 nitrogen and oxygen atoms in total. The Kier molecular flexibility index (Phi) is 7.70. The number of benzene rings is 1. The van der Waals surface area contributed by atoms with Gasteiger partial charge in [-0.2, -0.15) is 0 Å². The Morgan fingerprint density at radius 2 is 2.22 bits per heavy atom. The molecule has 1 amide bonds. The van der Waals surface area contributed by atoms with Crippen LogP contribution in [0.2, 0.25) is 5.02 Å². The highest BCUT2D eigenvalue weighted by Gasteiger charge is 2.32. The lowest BCUT2D eigenvalue weighted by molar-refractivity contribution is -0.119. The average Bonchev–Trinajstić information content (AvgIpc) is 2.54. The van der Waals surface area contributed by atoms with Crippen molar-refractivity contribution in [2.75, 3.05) is 39.1 Å². The SMILES string of the molecule is COCC1(CNC(=O)CSCc2cccc(Cl)c2)CCNCC1. The van der Waals surface area contributed by atoms with Crippen molar-refractivity contribution in [2.24, 2.45) is 5.41 Å². The normalized spacial score (nSPS) is 17.0. The number of piperidine rings is 1. The Morgan fingerprint density at radius 3 is 2.91 bits per heavy atom. The minimum Gasteiger partial charge on any atom is -0.384 e. The number of halogens is 1. The van der Waals surface area contributed by atoms with E-state index in [1.165, 1.54) is 0 Å². The first-order valence-corrected chi connectivity index (χ1v) is 9.45. The highest BCUT2D eigenvalue weighted by Crippen LogP contribution is 2.28. The summed E-state index contributed by atoms with van der Waals surface area (Å²) in [5, 5.41) is 7.18. The molecule has 0 aromatic heterocycles. The van der Waals surface area contributed by atoms with E-state index in [1.807, 2.05) is 24.3 Å². The van der Waals surface area contributed by atoms with Crippen LogP contribution in [0.4, 0.5) is 0 Å². The molecular formula is C17H25ClN2O2S. The smallest absolute Gasteiger partial charge is 0.230 e. The molecule has 1 aromatic carbocycles. The Labute approximate surface area is 147 Å². The number of ether oxygens (including phenoxy) is 1. The van der Waals surface area contributed by atoms with Crippen molar-refractivity contribution in [1.29, 1.82) is 0 Å². The molecule has 0 aliphatic carbocycles. The van der Waals surface area contributed by atoms with Crippen molar-refractivity contribution < 1.29 is 9.53 Å². The molecule has 2 rings (SSSR count). The van der Waals surface area contributed by atoms with E-state index in [0.717, 1.165) is 42.3 Å². The maximum Gasteiger partial charge on any atom is 0.230 e. The molecule has 0 atom stereocenters. The molecule has 0 unspecified atom stereocenters. The number of hydrogen-bond acceptors (Lipinski definition) is 4. The molecule has 6 heteroatoms. The van der Waals surface area contributed by atoms with Gasteiger partial charge in [0, 0.05) is 29.8 Å². The number of hydrogen-bond donors (Lipinski definition) is 2. The zero-order valence-corrected chi connectivity index (χ0v) is 15.1. The van der Waals surface area contributed by atoms with Gasteiger partial charge in [0.2, 0.25) is 5.91 Å². The van der Waals surface area contributed by atoms with Crippen LogP contribution in [0.3, 0.4) is 0 Å². The Morgan fingerprint density at radius 1 is 1.43 bits per heavy atom. The van der Waals surface area contributed by atoms with E-state index in [4.69, 9.17) is 16.3 Å². The molecule has 0 bridgehead atoms. The molecule has 23 heavy (non-hydrogen) atoms. The first kappa shape index (κ1) is 18.6. The van der Waals surface area contributed by atoms with E-state index in [-0.39, 0.29) is 11.3 Å². The van der Waals surface area contributed by atoms with Crippen molar-refractivity contribution in [3.8, 4) is 0 Å². The van der Waals surface area contributed by atoms with Gasteiger partial charge >= 0.3 is 0 Å². The Balaban J connectivity index is 1.71. The van der Waals surface area contributed by atoms with Gasteiger partial charge in [0.15, 0.2) is 0 Å². The van der Waals surface area contributed by atoms with Crippen LogP contribution in [0.5, 0.6) is 0 Å². The van der Waals surface area contributed by atoms with Gasteiger partial charge in [-0.1, -0.05) is 23.7 Å². The minimum atomic E-state index is 0.0767. The standard InChI is InChI=1S/C17H25ClN2O2S/c1-22-13-17(5-7-19-8-6-17)12-20-16(21)11-23-10-14-3-2-4-15(18)9-14/h2-4,9,19H,5-8,10-13H2,1H3,(H,20,21). The molecular weight excluding hydrogens is 332 g/mol. The van der Waals surface area contributed by atoms with Crippen LogP contribution >= 0.6 is 23.4 Å². The van der Waals surface area contributed by atoms with Gasteiger partial charge < -0.3 is 15.4 Å². The second kappa shape index (κ2) is 9.52. The molecule has 2 N–H and O–H groups in total. The monoisotopic (exact) mass is 356 g/mol. The van der Waals surface area contributed by atoms with Gasteiger partial charge in [-0.15, -0.1) is 11.8 Å². The van der Waals surface area contributed by atoms with E-state index in [2.05, 4.69) is 10.6 Å². The van der Waals surface area contributed by atoms with Crippen LogP contribution in [-0.2, 0) is 15.3 Å². The number of methoxy groups -OCH3 is 1. The zero-order valence-electron chi connectivity index (χ0n) is 13.6. The summed E-state index contributed by atoms with van der Waals surface area (Å²) in [5.74, 6) is 1.35. The molecule has 128 valence electrons. The van der Waals surface area contributed by atoms with Crippen molar-refractivity contribution in [3.05, 3.63) is 34.9 Å². The Hall–Kier alpha value is -0.750. The topological polar surface area (TPSA) is 50.4 Å². The first-order valence-electron chi connectivity index (χ1n) is 7.92. The third-order valence-corrected chi connectivity index (χ3v) is 5.41. The lowest BCUT2D eigenvalue weighted by Crippen LogP contribution is -2.47. The maximum atomic E-state index is 12.1. The fraction of sp³-hybridized carbons (Fsp3) is 0.588. The second-order valence-electron chi connectivity index (χ2n) is 6.08. The van der Waals surface area contributed by atoms with Crippen LogP contribution in [0.25, 0.3) is 0 Å². The van der Waals surface area contributed by atoms with E-state index in [9.17, 15) is 4.79 Å². The zero-order chi connectivity index (χ0) is 16.5. The van der Waals surface area contributed by atoms with Crippen LogP contribution in [-0.4, -0.2) is 45.0 Å². The predicted molar refractivity (Wildman–Crippen MR) is 97.0 cm³/mol. The number of amides is 1. The number of thioether (sulfide) groups is 1. The number of carbonyl (C=O) groups is 1. The van der Waals surface area contributed by atoms with E-state index in [1.54, 1.807) is 18.9 Å². The summed E-state index contributed by atoms with van der Waals surface area (Å²) >= 11 is 7.57. The molecule has 0 spiro atoms. The molecule has 1 aromatic rings. The van der Waals surface area contributed by atoms with E-state index in [0.29, 0.717) is 18.9 Å². The summed E-state index contributed by atoms with van der Waals surface area (Å²) in [6.45, 7) is 3.37. The summed E-state index contributed by atoms with van der Waals surface area (Å²) in [6, 6.07) is 7.76. The van der Waals surface area contributed by atoms with Gasteiger partial charge in [0.05, 0.1) is 12.4 Å². The number of carbonyl (C=O) groups excluding carboxylic acids is 1. The largest absolute Gasteiger partial charge is 0.384 e. The van der Waals surface area contributed by atoms with Gasteiger partial charge in [-0.05, 0) is 43.6 Å². The summed E-state index contributed by atoms with van der Waals surface area (Å²) in [6.07, 6.45) is 2.08. The molecule has 1 saturated heterocycles. The fourth-order valence-corrected chi connectivity index (χ4v) is 3.88. The highest BCUT2D eigenvalue weighted by atomic mass is 35.5. The van der Waals surface area contributed by atoms with Crippen LogP contribution in [0.1, 0.15) is 18.4 Å². The quantitative estimate of drug-likeness (QED) is 0.752. The molecule has 1 aliphatic heterocycles. The Bertz CT molecular complexity index is 502. The third kappa shape index (κ3) is 6.34. The molecule has 1 aliphatic rings. The summed E-state index contributed by atoms with van der Waals surface area (Å²) in [4.78, 5) is 12.1. The maximum absolute atomic E-state index is 12.1. The fourth-order valence-electron chi connectivity index (χ4n) is 2.86. The number of nitrogens with one attached hydrogen (secondary N) is 2. The molecule has 1 heterocycles. The van der Waals surface area contributed by atoms with Crippen LogP contribution in [0.15, 0.2) is 24.3 Å². The van der Waals surface area contributed by atoms with Crippen molar-refractivity contribution >= 4 is 29.3 Å². The molecule has 0 radical (unpaired) electrons. The summed E-state index contributed by atoms with van der Waals surface area (Å²) in [5.41, 5.74) is 1.22. The second-order valence-corrected chi connectivity index (χ2v) is 7.50. The first-order chi connectivity index (χ1) is 11.1. The van der Waals surface area contributed by atoms with Gasteiger partial charge in [0.25, 0.3) is 0 Å². The average molecular weight is 357 g/mol. The van der Waals surface area contributed by atoms with Crippen molar-refractivity contribution in [1.82, 2.24) is 10.6 Å². The highest BCUT2D eigenvalue weighted by molar-refractivity contribution is 7.99. The number of rotatable bonds is 8. The molecule has 1 fully saturated rings. The van der Waals surface area contributed by atoms with E-state index >= 15 is 0 Å². The van der Waals surface area contributed by atoms with E-state index < -0.39 is 0 Å². The van der Waals surface area contributed by atoms with Gasteiger partial charge in [-0.25, -0.2) is 0 Å². The van der Waals surface area contributed by atoms with Crippen molar-refractivity contribution in [3.63, 3.8) is 0 Å². The molecule has 0 saturated carbocycles. The van der Waals surface area contributed by atoms with Crippen LogP contribution in [0, 0.1) is 5.41 Å². The van der Waals surface area contributed by atoms with Gasteiger partial charge in [-0.3, -0.25) is 4.79 Å². The van der Waals surface area contributed by atoms with Gasteiger partial charge in [0.1, 0.15) is 0 Å². The lowest BCUT2D eigenvalue weighted by Gasteiger charge is -2.37. The third-order valence-electron chi connectivity index (χ3n) is 4.17. The predicted octanol–water partition coefficient (Wildman–Crippen LogP) is 2.71.